The van der Waals surface area contributed by atoms with Gasteiger partial charge in [0.1, 0.15) is 30.0 Å². The molecule has 21 heteroatoms. The number of nitrogens with zero attached hydrogens (tertiary/aromatic N) is 3. The SMILES string of the molecule is CC(C)[C@@H](OCc1cn([C@H]2C[C@@H](O)[C@@H](COP(=O)(O)CP(=O)(O)CP(=O)(O)O)O2)c(=O)nc1N)c1ccccc1[N+](=O)[O-]. The molecule has 2 heterocycles. The second-order valence-electron chi connectivity index (χ2n) is 10.3. The molecule has 1 aliphatic rings. The molecule has 1 aromatic heterocycles. The number of aliphatic hydroxyl groups is 1. The highest BCUT2D eigenvalue weighted by Crippen LogP contribution is 2.63. The number of anilines is 1. The van der Waals surface area contributed by atoms with Gasteiger partial charge in [0.25, 0.3) is 5.69 Å². The zero-order valence-corrected chi connectivity index (χ0v) is 25.7. The van der Waals surface area contributed by atoms with Crippen molar-refractivity contribution in [3.05, 3.63) is 62.2 Å². The molecule has 240 valence electrons. The van der Waals surface area contributed by atoms with Crippen molar-refractivity contribution in [2.75, 3.05) is 24.1 Å². The molecule has 0 spiro atoms. The van der Waals surface area contributed by atoms with Gasteiger partial charge in [-0.1, -0.05) is 26.0 Å². The van der Waals surface area contributed by atoms with Crippen molar-refractivity contribution < 1.29 is 57.3 Å². The van der Waals surface area contributed by atoms with Crippen molar-refractivity contribution in [1.82, 2.24) is 9.55 Å². The highest BCUT2D eigenvalue weighted by Gasteiger charge is 2.41. The first kappa shape index (κ1) is 35.2. The Balaban J connectivity index is 1.72. The van der Waals surface area contributed by atoms with Crippen LogP contribution in [-0.2, 0) is 34.3 Å². The fourth-order valence-corrected chi connectivity index (χ4v) is 10.8. The van der Waals surface area contributed by atoms with E-state index in [1.54, 1.807) is 12.1 Å². The Morgan fingerprint density at radius 2 is 1.84 bits per heavy atom. The summed E-state index contributed by atoms with van der Waals surface area (Å²) in [6, 6.07) is 6.10. The number of hydrogen-bond donors (Lipinski definition) is 6. The maximum absolute atomic E-state index is 12.6. The van der Waals surface area contributed by atoms with Crippen LogP contribution in [0.3, 0.4) is 0 Å². The fourth-order valence-electron chi connectivity index (χ4n) is 4.43. The first-order valence-corrected chi connectivity index (χ1v) is 18.3. The van der Waals surface area contributed by atoms with Crippen molar-refractivity contribution in [2.45, 2.75) is 51.4 Å². The molecule has 7 N–H and O–H groups in total. The first-order chi connectivity index (χ1) is 19.8. The Labute approximate surface area is 244 Å². The summed E-state index contributed by atoms with van der Waals surface area (Å²) in [4.78, 5) is 64.8. The molecular formula is C22H33N4O14P3. The maximum atomic E-state index is 12.6. The Morgan fingerprint density at radius 1 is 1.19 bits per heavy atom. The van der Waals surface area contributed by atoms with Crippen molar-refractivity contribution in [3.8, 4) is 0 Å². The van der Waals surface area contributed by atoms with Crippen LogP contribution >= 0.6 is 22.6 Å². The molecule has 0 amide bonds. The third-order valence-electron chi connectivity index (χ3n) is 6.28. The minimum absolute atomic E-state index is 0.130. The molecule has 0 radical (unpaired) electrons. The molecule has 0 bridgehead atoms. The summed E-state index contributed by atoms with van der Waals surface area (Å²) in [5.41, 5.74) is 5.52. The number of ether oxygens (including phenoxy) is 2. The summed E-state index contributed by atoms with van der Waals surface area (Å²) in [6.45, 7) is 2.64. The zero-order chi connectivity index (χ0) is 32.3. The van der Waals surface area contributed by atoms with E-state index in [2.05, 4.69) is 4.98 Å². The Hall–Kier alpha value is -2.33. The molecule has 2 unspecified atom stereocenters. The number of hydrogen-bond acceptors (Lipinski definition) is 12. The number of aliphatic hydroxyl groups excluding tert-OH is 1. The van der Waals surface area contributed by atoms with Gasteiger partial charge in [0.15, 0.2) is 0 Å². The molecular weight excluding hydrogens is 637 g/mol. The van der Waals surface area contributed by atoms with E-state index in [1.807, 2.05) is 13.8 Å². The third kappa shape index (κ3) is 9.83. The van der Waals surface area contributed by atoms with Crippen LogP contribution in [0.15, 0.2) is 35.3 Å². The third-order valence-corrected chi connectivity index (χ3v) is 13.3. The molecule has 3 rings (SSSR count). The number of nitro benzene ring substituents is 1. The number of para-hydroxylation sites is 1. The van der Waals surface area contributed by atoms with Crippen LogP contribution in [0.1, 0.15) is 43.7 Å². The van der Waals surface area contributed by atoms with Crippen LogP contribution in [0, 0.1) is 16.0 Å². The standard InChI is InChI=1S/C22H33N4O14P3/c1-13(2)20(15-5-3-4-6-16(15)26(29)30)38-9-14-8-25(22(28)24-21(14)23)19-7-17(27)18(40-19)10-39-43(36,37)12-41(31,32)11-42(33,34)35/h3-6,8,13,17-20,27H,7,9-12H2,1-2H3,(H,31,32)(H,36,37)(H2,23,24,28)(H2,33,34,35)/t17-,18-,19-,20-/m1/s1. The summed E-state index contributed by atoms with van der Waals surface area (Å²) in [7, 11) is -14.6. The predicted molar refractivity (Wildman–Crippen MR) is 150 cm³/mol. The van der Waals surface area contributed by atoms with Gasteiger partial charge in [-0.15, -0.1) is 0 Å². The van der Waals surface area contributed by atoms with E-state index in [-0.39, 0.29) is 36.0 Å². The molecule has 6 atom stereocenters. The van der Waals surface area contributed by atoms with Gasteiger partial charge in [0.2, 0.25) is 7.37 Å². The van der Waals surface area contributed by atoms with Crippen LogP contribution in [-0.4, -0.2) is 69.8 Å². The van der Waals surface area contributed by atoms with Crippen LogP contribution < -0.4 is 11.4 Å². The van der Waals surface area contributed by atoms with E-state index in [0.717, 1.165) is 4.57 Å². The minimum Gasteiger partial charge on any atom is -0.390 e. The van der Waals surface area contributed by atoms with Crippen molar-refractivity contribution in [1.29, 1.82) is 0 Å². The fraction of sp³-hybridized carbons (Fsp3) is 0.545. The van der Waals surface area contributed by atoms with Crippen LogP contribution in [0.5, 0.6) is 0 Å². The van der Waals surface area contributed by atoms with Crippen LogP contribution in [0.2, 0.25) is 0 Å². The highest BCUT2D eigenvalue weighted by atomic mass is 31.3. The summed E-state index contributed by atoms with van der Waals surface area (Å²) in [5, 5.41) is 22.0. The first-order valence-electron chi connectivity index (χ1n) is 12.7. The molecule has 1 aromatic carbocycles. The Kier molecular flexibility index (Phi) is 11.2. The molecule has 1 aliphatic heterocycles. The summed E-state index contributed by atoms with van der Waals surface area (Å²) >= 11 is 0. The Bertz CT molecular complexity index is 1530. The average molecular weight is 670 g/mol. The molecule has 0 aliphatic carbocycles. The largest absolute Gasteiger partial charge is 0.390 e. The number of rotatable bonds is 14. The molecule has 0 saturated carbocycles. The lowest BCUT2D eigenvalue weighted by atomic mass is 9.97. The number of benzene rings is 1. The lowest BCUT2D eigenvalue weighted by molar-refractivity contribution is -0.386. The molecule has 43 heavy (non-hydrogen) atoms. The normalized spacial score (nSPS) is 22.7. The minimum atomic E-state index is -4.96. The maximum Gasteiger partial charge on any atom is 0.351 e. The van der Waals surface area contributed by atoms with Gasteiger partial charge in [0.05, 0.1) is 35.9 Å². The van der Waals surface area contributed by atoms with E-state index in [0.29, 0.717) is 5.56 Å². The smallest absolute Gasteiger partial charge is 0.351 e. The van der Waals surface area contributed by atoms with Gasteiger partial charge in [-0.05, 0) is 12.0 Å². The van der Waals surface area contributed by atoms with E-state index in [4.69, 9.17) is 29.5 Å². The monoisotopic (exact) mass is 670 g/mol. The average Bonchev–Trinajstić information content (AvgIpc) is 3.22. The summed E-state index contributed by atoms with van der Waals surface area (Å²) < 4.78 is 52.7. The second-order valence-corrected chi connectivity index (χ2v) is 17.1. The van der Waals surface area contributed by atoms with E-state index < -0.39 is 76.1 Å². The van der Waals surface area contributed by atoms with Gasteiger partial charge in [-0.2, -0.15) is 4.98 Å². The van der Waals surface area contributed by atoms with E-state index in [9.17, 15) is 43.5 Å². The Morgan fingerprint density at radius 3 is 2.44 bits per heavy atom. The van der Waals surface area contributed by atoms with Gasteiger partial charge >= 0.3 is 20.9 Å². The number of nitrogens with two attached hydrogens (primary N) is 1. The number of nitrogen functional groups attached to an aromatic ring is 1. The summed E-state index contributed by atoms with van der Waals surface area (Å²) in [6.07, 6.45) is -3.39. The quantitative estimate of drug-likeness (QED) is 0.0950. The second kappa shape index (κ2) is 13.8. The van der Waals surface area contributed by atoms with Gasteiger partial charge < -0.3 is 44.4 Å². The number of nitro groups is 1. The van der Waals surface area contributed by atoms with Gasteiger partial charge in [0, 0.05) is 24.2 Å². The molecule has 1 saturated heterocycles. The van der Waals surface area contributed by atoms with E-state index >= 15 is 0 Å². The van der Waals surface area contributed by atoms with Crippen LogP contribution in [0.25, 0.3) is 0 Å². The zero-order valence-electron chi connectivity index (χ0n) is 23.0. The molecule has 1 fully saturated rings. The summed E-state index contributed by atoms with van der Waals surface area (Å²) in [5.74, 6) is -3.33. The molecule has 18 nitrogen and oxygen atoms in total. The van der Waals surface area contributed by atoms with Gasteiger partial charge in [-0.3, -0.25) is 28.4 Å². The number of aromatic nitrogens is 2. The van der Waals surface area contributed by atoms with Gasteiger partial charge in [-0.25, -0.2) is 4.79 Å². The lowest BCUT2D eigenvalue weighted by Crippen LogP contribution is -2.29. The lowest BCUT2D eigenvalue weighted by Gasteiger charge is -2.23. The van der Waals surface area contributed by atoms with Crippen LogP contribution in [0.4, 0.5) is 11.5 Å². The highest BCUT2D eigenvalue weighted by molar-refractivity contribution is 7.79. The topological polar surface area (TPSA) is 284 Å². The predicted octanol–water partition coefficient (Wildman–Crippen LogP) is 1.86. The van der Waals surface area contributed by atoms with Crippen molar-refractivity contribution >= 4 is 34.1 Å². The van der Waals surface area contributed by atoms with Crippen molar-refractivity contribution in [3.63, 3.8) is 0 Å². The van der Waals surface area contributed by atoms with Crippen molar-refractivity contribution in [2.24, 2.45) is 5.92 Å². The van der Waals surface area contributed by atoms with E-state index in [1.165, 1.54) is 18.3 Å². The molecule has 2 aromatic rings.